The molecule has 3 aromatic rings. The number of anilines is 3. The van der Waals surface area contributed by atoms with Crippen LogP contribution in [0.2, 0.25) is 5.02 Å². The van der Waals surface area contributed by atoms with Crippen molar-refractivity contribution in [2.45, 2.75) is 6.42 Å². The van der Waals surface area contributed by atoms with Gasteiger partial charge in [0.25, 0.3) is 5.91 Å². The van der Waals surface area contributed by atoms with Crippen molar-refractivity contribution >= 4 is 34.8 Å². The molecule has 0 saturated heterocycles. The first kappa shape index (κ1) is 22.0. The first-order valence-corrected chi connectivity index (χ1v) is 9.77. The minimum Gasteiger partial charge on any atom is -0.493 e. The Morgan fingerprint density at radius 1 is 1.06 bits per heavy atom. The minimum atomic E-state index is -0.411. The summed E-state index contributed by atoms with van der Waals surface area (Å²) in [6, 6.07) is 12.5. The number of carbonyl (C=O) groups excluding carboxylic acids is 1. The van der Waals surface area contributed by atoms with Crippen LogP contribution in [0.4, 0.5) is 17.3 Å². The molecule has 1 aromatic heterocycles. The van der Waals surface area contributed by atoms with E-state index in [4.69, 9.17) is 26.8 Å². The Bertz CT molecular complexity index is 1060. The van der Waals surface area contributed by atoms with Crippen molar-refractivity contribution in [2.24, 2.45) is 0 Å². The summed E-state index contributed by atoms with van der Waals surface area (Å²) < 4.78 is 10.6. The predicted molar refractivity (Wildman–Crippen MR) is 121 cm³/mol. The van der Waals surface area contributed by atoms with E-state index in [0.717, 1.165) is 5.56 Å². The topological polar surface area (TPSA) is 123 Å². The second-order valence-electron chi connectivity index (χ2n) is 6.41. The average Bonchev–Trinajstić information content (AvgIpc) is 2.79. The third-order valence-corrected chi connectivity index (χ3v) is 4.78. The van der Waals surface area contributed by atoms with Crippen molar-refractivity contribution in [1.82, 2.24) is 15.4 Å². The number of carbonyl (C=O) groups is 1. The highest BCUT2D eigenvalue weighted by atomic mass is 35.5. The maximum absolute atomic E-state index is 12.3. The number of hydrogen-bond donors (Lipinski definition) is 4. The lowest BCUT2D eigenvalue weighted by molar-refractivity contribution is 0.0962. The molecule has 0 bridgehead atoms. The van der Waals surface area contributed by atoms with Crippen LogP contribution in [0.25, 0.3) is 0 Å². The molecule has 0 atom stereocenters. The van der Waals surface area contributed by atoms with Gasteiger partial charge in [-0.2, -0.15) is 0 Å². The highest BCUT2D eigenvalue weighted by molar-refractivity contribution is 6.33. The fourth-order valence-corrected chi connectivity index (χ4v) is 3.05. The van der Waals surface area contributed by atoms with Gasteiger partial charge in [0.1, 0.15) is 12.0 Å². The van der Waals surface area contributed by atoms with Crippen LogP contribution in [-0.2, 0) is 6.42 Å². The Kier molecular flexibility index (Phi) is 7.34. The smallest absolute Gasteiger partial charge is 0.271 e. The van der Waals surface area contributed by atoms with Gasteiger partial charge in [-0.3, -0.25) is 15.6 Å². The Morgan fingerprint density at radius 2 is 1.81 bits per heavy atom. The monoisotopic (exact) mass is 442 g/mol. The lowest BCUT2D eigenvalue weighted by atomic mass is 10.1. The number of methoxy groups -OCH3 is 2. The van der Waals surface area contributed by atoms with Crippen molar-refractivity contribution in [3.63, 3.8) is 0 Å². The number of amides is 1. The Morgan fingerprint density at radius 3 is 2.55 bits per heavy atom. The fraction of sp³-hybridized carbons (Fsp3) is 0.190. The van der Waals surface area contributed by atoms with E-state index in [9.17, 15) is 4.79 Å². The highest BCUT2D eigenvalue weighted by Gasteiger charge is 2.12. The van der Waals surface area contributed by atoms with Crippen LogP contribution in [-0.4, -0.2) is 36.6 Å². The third kappa shape index (κ3) is 5.46. The number of aromatic nitrogens is 2. The quantitative estimate of drug-likeness (QED) is 0.373. The summed E-state index contributed by atoms with van der Waals surface area (Å²) in [5, 5.41) is 3.52. The number of nitrogens with zero attached hydrogens (tertiary/aromatic N) is 2. The van der Waals surface area contributed by atoms with Crippen molar-refractivity contribution in [1.29, 1.82) is 0 Å². The molecule has 2 aromatic carbocycles. The molecule has 0 aliphatic heterocycles. The van der Waals surface area contributed by atoms with Gasteiger partial charge < -0.3 is 20.5 Å². The summed E-state index contributed by atoms with van der Waals surface area (Å²) in [6.45, 7) is 0.572. The lowest BCUT2D eigenvalue weighted by Gasteiger charge is -2.14. The molecule has 1 heterocycles. The molecule has 5 N–H and O–H groups in total. The second kappa shape index (κ2) is 10.4. The zero-order valence-corrected chi connectivity index (χ0v) is 17.9. The summed E-state index contributed by atoms with van der Waals surface area (Å²) in [6.07, 6.45) is 2.05. The van der Waals surface area contributed by atoms with Gasteiger partial charge >= 0.3 is 0 Å². The van der Waals surface area contributed by atoms with Gasteiger partial charge in [-0.05, 0) is 36.2 Å². The maximum Gasteiger partial charge on any atom is 0.271 e. The van der Waals surface area contributed by atoms with Gasteiger partial charge in [0.05, 0.1) is 24.8 Å². The zero-order valence-electron chi connectivity index (χ0n) is 17.1. The summed E-state index contributed by atoms with van der Waals surface area (Å²) in [5.41, 5.74) is 13.0. The van der Waals surface area contributed by atoms with E-state index >= 15 is 0 Å². The summed E-state index contributed by atoms with van der Waals surface area (Å²) >= 11 is 6.04. The number of halogens is 1. The number of ether oxygens (including phenoxy) is 2. The van der Waals surface area contributed by atoms with E-state index in [1.807, 2.05) is 18.2 Å². The van der Waals surface area contributed by atoms with Crippen LogP contribution in [0.15, 0.2) is 48.8 Å². The number of rotatable bonds is 9. The van der Waals surface area contributed by atoms with Gasteiger partial charge in [0.2, 0.25) is 0 Å². The first-order chi connectivity index (χ1) is 15.0. The van der Waals surface area contributed by atoms with Crippen molar-refractivity contribution in [3.05, 3.63) is 64.9 Å². The van der Waals surface area contributed by atoms with Crippen molar-refractivity contribution in [2.75, 3.05) is 37.2 Å². The molecular weight excluding hydrogens is 420 g/mol. The normalized spacial score (nSPS) is 10.3. The molecule has 0 fully saturated rings. The van der Waals surface area contributed by atoms with E-state index < -0.39 is 5.91 Å². The highest BCUT2D eigenvalue weighted by Crippen LogP contribution is 2.28. The Hall–Kier alpha value is -3.72. The minimum absolute atomic E-state index is 0.268. The van der Waals surface area contributed by atoms with Gasteiger partial charge in [0.15, 0.2) is 23.1 Å². The number of nitrogens with one attached hydrogen (secondary N) is 3. The Balaban J connectivity index is 1.59. The summed E-state index contributed by atoms with van der Waals surface area (Å²) in [7, 11) is 3.19. The molecule has 10 heteroatoms. The fourth-order valence-electron chi connectivity index (χ4n) is 2.83. The van der Waals surface area contributed by atoms with Gasteiger partial charge in [-0.1, -0.05) is 29.8 Å². The van der Waals surface area contributed by atoms with E-state index in [1.165, 1.54) is 6.33 Å². The molecule has 162 valence electrons. The molecule has 1 amide bonds. The number of hydrazine groups is 1. The lowest BCUT2D eigenvalue weighted by Crippen LogP contribution is -2.30. The van der Waals surface area contributed by atoms with Gasteiger partial charge in [-0.25, -0.2) is 9.97 Å². The molecule has 3 rings (SSSR count). The molecule has 0 aliphatic rings. The van der Waals surface area contributed by atoms with Crippen LogP contribution in [0.3, 0.4) is 0 Å². The summed E-state index contributed by atoms with van der Waals surface area (Å²) in [5.74, 6) is 1.65. The third-order valence-electron chi connectivity index (χ3n) is 4.45. The van der Waals surface area contributed by atoms with Crippen LogP contribution < -0.4 is 31.4 Å². The van der Waals surface area contributed by atoms with Crippen molar-refractivity contribution < 1.29 is 14.3 Å². The first-order valence-electron chi connectivity index (χ1n) is 9.39. The van der Waals surface area contributed by atoms with Crippen LogP contribution in [0, 0.1) is 0 Å². The summed E-state index contributed by atoms with van der Waals surface area (Å²) in [4.78, 5) is 20.5. The maximum atomic E-state index is 12.3. The predicted octanol–water partition coefficient (Wildman–Crippen LogP) is 3.14. The standard InChI is InChI=1S/C21H23ClN6O3/c1-30-16-8-7-13(11-17(16)31-2)9-10-24-19-18(23)20(26-12-25-19)27-28-21(29)14-5-3-4-6-15(14)22/h3-8,11-12H,9-10,23H2,1-2H3,(H,28,29)(H2,24,25,26,27). The molecule has 0 spiro atoms. The molecule has 31 heavy (non-hydrogen) atoms. The molecular formula is C21H23ClN6O3. The second-order valence-corrected chi connectivity index (χ2v) is 6.82. The molecule has 0 saturated carbocycles. The molecule has 0 radical (unpaired) electrons. The largest absolute Gasteiger partial charge is 0.493 e. The number of nitrogen functional groups attached to an aromatic ring is 1. The van der Waals surface area contributed by atoms with Gasteiger partial charge in [0, 0.05) is 6.54 Å². The molecule has 9 nitrogen and oxygen atoms in total. The van der Waals surface area contributed by atoms with Crippen LogP contribution in [0.1, 0.15) is 15.9 Å². The number of benzene rings is 2. The van der Waals surface area contributed by atoms with E-state index in [2.05, 4.69) is 26.1 Å². The van der Waals surface area contributed by atoms with Crippen LogP contribution in [0.5, 0.6) is 11.5 Å². The SMILES string of the molecule is COc1ccc(CCNc2ncnc(NNC(=O)c3ccccc3Cl)c2N)cc1OC. The van der Waals surface area contributed by atoms with E-state index in [0.29, 0.717) is 40.9 Å². The van der Waals surface area contributed by atoms with Gasteiger partial charge in [-0.15, -0.1) is 0 Å². The molecule has 0 unspecified atom stereocenters. The zero-order chi connectivity index (χ0) is 22.2. The van der Waals surface area contributed by atoms with E-state index in [-0.39, 0.29) is 11.5 Å². The number of hydrogen-bond acceptors (Lipinski definition) is 8. The molecule has 0 aliphatic carbocycles. The van der Waals surface area contributed by atoms with Crippen molar-refractivity contribution in [3.8, 4) is 11.5 Å². The average molecular weight is 443 g/mol. The van der Waals surface area contributed by atoms with E-state index in [1.54, 1.807) is 38.5 Å². The number of nitrogens with two attached hydrogens (primary N) is 1. The van der Waals surface area contributed by atoms with Crippen LogP contribution >= 0.6 is 11.6 Å². The Labute approximate surface area is 184 Å².